The van der Waals surface area contributed by atoms with Crippen LogP contribution in [0.1, 0.15) is 18.9 Å². The van der Waals surface area contributed by atoms with Gasteiger partial charge in [0.2, 0.25) is 0 Å². The van der Waals surface area contributed by atoms with Crippen molar-refractivity contribution in [3.8, 4) is 11.9 Å². The van der Waals surface area contributed by atoms with Gasteiger partial charge in [0.05, 0.1) is 12.6 Å². The van der Waals surface area contributed by atoms with Crippen LogP contribution in [0.4, 0.5) is 5.82 Å². The monoisotopic (exact) mass is 373 g/mol. The lowest BCUT2D eigenvalue weighted by atomic mass is 9.91. The maximum atomic E-state index is 13.3. The molecule has 1 unspecified atom stereocenters. The molecule has 0 bridgehead atoms. The SMILES string of the molecule is CC1(C(=O)Nc2c(C#N)cnn2-c2ccccn2)CC(=O)N=C2C=CC=CN21. The van der Waals surface area contributed by atoms with Crippen molar-refractivity contribution in [1.29, 1.82) is 5.26 Å². The van der Waals surface area contributed by atoms with Crippen molar-refractivity contribution < 1.29 is 9.59 Å². The molecule has 0 aliphatic carbocycles. The lowest BCUT2D eigenvalue weighted by Crippen LogP contribution is -2.58. The van der Waals surface area contributed by atoms with Gasteiger partial charge in [0.15, 0.2) is 11.6 Å². The van der Waals surface area contributed by atoms with Gasteiger partial charge in [-0.2, -0.15) is 20.0 Å². The molecule has 0 saturated carbocycles. The minimum atomic E-state index is -1.21. The molecule has 4 rings (SSSR count). The number of nitrogens with zero attached hydrogens (tertiary/aromatic N) is 6. The summed E-state index contributed by atoms with van der Waals surface area (Å²) >= 11 is 0. The molecule has 2 amide bonds. The van der Waals surface area contributed by atoms with Crippen molar-refractivity contribution in [2.75, 3.05) is 5.32 Å². The van der Waals surface area contributed by atoms with Crippen LogP contribution >= 0.6 is 0 Å². The summed E-state index contributed by atoms with van der Waals surface area (Å²) < 4.78 is 1.38. The number of aliphatic imine (C=N–C) groups is 1. The zero-order valence-corrected chi connectivity index (χ0v) is 14.9. The predicted octanol–water partition coefficient (Wildman–Crippen LogP) is 1.55. The molecule has 0 radical (unpaired) electrons. The highest BCUT2D eigenvalue weighted by molar-refractivity contribution is 6.12. The summed E-state index contributed by atoms with van der Waals surface area (Å²) in [6.07, 6.45) is 9.72. The van der Waals surface area contributed by atoms with E-state index < -0.39 is 11.4 Å². The van der Waals surface area contributed by atoms with Crippen LogP contribution in [0.5, 0.6) is 0 Å². The first-order valence-electron chi connectivity index (χ1n) is 8.49. The number of amides is 2. The van der Waals surface area contributed by atoms with E-state index in [0.29, 0.717) is 11.7 Å². The molecule has 9 heteroatoms. The second kappa shape index (κ2) is 6.59. The molecular formula is C19H15N7O2. The smallest absolute Gasteiger partial charge is 0.252 e. The van der Waals surface area contributed by atoms with Gasteiger partial charge in [-0.25, -0.2) is 4.98 Å². The molecule has 1 atom stereocenters. The van der Waals surface area contributed by atoms with Gasteiger partial charge < -0.3 is 10.2 Å². The fraction of sp³-hybridized carbons (Fsp3) is 0.158. The van der Waals surface area contributed by atoms with Gasteiger partial charge in [0, 0.05) is 12.4 Å². The first kappa shape index (κ1) is 17.4. The molecule has 9 nitrogen and oxygen atoms in total. The first-order chi connectivity index (χ1) is 13.5. The third-order valence-electron chi connectivity index (χ3n) is 4.58. The summed E-state index contributed by atoms with van der Waals surface area (Å²) in [7, 11) is 0. The zero-order chi connectivity index (χ0) is 19.7. The number of anilines is 1. The highest BCUT2D eigenvalue weighted by Crippen LogP contribution is 2.30. The number of hydrogen-bond donors (Lipinski definition) is 1. The number of fused-ring (bicyclic) bond motifs is 1. The minimum Gasteiger partial charge on any atom is -0.317 e. The van der Waals surface area contributed by atoms with Gasteiger partial charge >= 0.3 is 0 Å². The van der Waals surface area contributed by atoms with Crippen molar-refractivity contribution in [2.45, 2.75) is 18.9 Å². The van der Waals surface area contributed by atoms with E-state index in [4.69, 9.17) is 0 Å². The first-order valence-corrected chi connectivity index (χ1v) is 8.49. The zero-order valence-electron chi connectivity index (χ0n) is 14.9. The van der Waals surface area contributed by atoms with Gasteiger partial charge in [-0.3, -0.25) is 9.59 Å². The molecule has 1 N–H and O–H groups in total. The van der Waals surface area contributed by atoms with E-state index in [2.05, 4.69) is 20.4 Å². The Hall–Kier alpha value is -4.06. The Labute approximate surface area is 160 Å². The van der Waals surface area contributed by atoms with E-state index in [1.165, 1.54) is 10.9 Å². The van der Waals surface area contributed by atoms with Crippen molar-refractivity contribution in [3.63, 3.8) is 0 Å². The number of rotatable bonds is 3. The summed E-state index contributed by atoms with van der Waals surface area (Å²) in [5.41, 5.74) is -1.02. The van der Waals surface area contributed by atoms with Gasteiger partial charge in [-0.15, -0.1) is 0 Å². The van der Waals surface area contributed by atoms with Gasteiger partial charge in [-0.1, -0.05) is 12.1 Å². The summed E-state index contributed by atoms with van der Waals surface area (Å²) in [4.78, 5) is 35.2. The molecule has 2 aromatic heterocycles. The van der Waals surface area contributed by atoms with Crippen molar-refractivity contribution in [2.24, 2.45) is 4.99 Å². The maximum Gasteiger partial charge on any atom is 0.252 e. The predicted molar refractivity (Wildman–Crippen MR) is 100 cm³/mol. The van der Waals surface area contributed by atoms with E-state index in [0.717, 1.165) is 0 Å². The van der Waals surface area contributed by atoms with E-state index >= 15 is 0 Å². The molecule has 2 aromatic rings. The van der Waals surface area contributed by atoms with Crippen LogP contribution in [0.15, 0.2) is 60.0 Å². The lowest BCUT2D eigenvalue weighted by Gasteiger charge is -2.41. The standard InChI is InChI=1S/C19H15N7O2/c1-19(10-16(27)23-15-7-3-5-9-25(15)19)18(28)24-17-13(11-20)12-22-26(17)14-6-2-4-8-21-14/h2-9,12H,10H2,1H3,(H,24,28). The van der Waals surface area contributed by atoms with Crippen molar-refractivity contribution in [1.82, 2.24) is 19.7 Å². The molecule has 0 spiro atoms. The Kier molecular flexibility index (Phi) is 4.08. The van der Waals surface area contributed by atoms with Crippen LogP contribution < -0.4 is 5.32 Å². The second-order valence-corrected chi connectivity index (χ2v) is 6.46. The van der Waals surface area contributed by atoms with Gasteiger partial charge in [0.1, 0.15) is 23.0 Å². The number of hydrogen-bond acceptors (Lipinski definition) is 6. The van der Waals surface area contributed by atoms with Crippen LogP contribution in [0.25, 0.3) is 5.82 Å². The fourth-order valence-corrected chi connectivity index (χ4v) is 3.12. The average molecular weight is 373 g/mol. The molecular weight excluding hydrogens is 358 g/mol. The van der Waals surface area contributed by atoms with Gasteiger partial charge in [-0.05, 0) is 31.2 Å². The number of nitrogens with one attached hydrogen (secondary N) is 1. The van der Waals surface area contributed by atoms with Crippen LogP contribution in [-0.2, 0) is 9.59 Å². The quantitative estimate of drug-likeness (QED) is 0.872. The summed E-state index contributed by atoms with van der Waals surface area (Å²) in [5, 5.41) is 16.3. The molecule has 0 aromatic carbocycles. The Morgan fingerprint density at radius 1 is 1.36 bits per heavy atom. The van der Waals surface area contributed by atoms with Crippen LogP contribution in [-0.4, -0.2) is 42.9 Å². The topological polar surface area (TPSA) is 116 Å². The van der Waals surface area contributed by atoms with Crippen LogP contribution in [0.2, 0.25) is 0 Å². The second-order valence-electron chi connectivity index (χ2n) is 6.46. The number of nitriles is 1. The highest BCUT2D eigenvalue weighted by atomic mass is 16.2. The molecule has 0 fully saturated rings. The van der Waals surface area contributed by atoms with Crippen LogP contribution in [0.3, 0.4) is 0 Å². The fourth-order valence-electron chi connectivity index (χ4n) is 3.12. The Bertz CT molecular complexity index is 1090. The minimum absolute atomic E-state index is 0.0971. The summed E-state index contributed by atoms with van der Waals surface area (Å²) in [6.45, 7) is 1.66. The summed E-state index contributed by atoms with van der Waals surface area (Å²) in [5.74, 6) is 0.202. The van der Waals surface area contributed by atoms with E-state index in [9.17, 15) is 14.9 Å². The molecule has 2 aliphatic heterocycles. The largest absolute Gasteiger partial charge is 0.317 e. The van der Waals surface area contributed by atoms with Gasteiger partial charge in [0.25, 0.3) is 11.8 Å². The molecule has 28 heavy (non-hydrogen) atoms. The number of amidine groups is 1. The van der Waals surface area contributed by atoms with Crippen molar-refractivity contribution in [3.05, 3.63) is 60.6 Å². The Morgan fingerprint density at radius 2 is 2.21 bits per heavy atom. The number of aromatic nitrogens is 3. The maximum absolute atomic E-state index is 13.3. The molecule has 2 aliphatic rings. The van der Waals surface area contributed by atoms with Crippen molar-refractivity contribution >= 4 is 23.5 Å². The number of carbonyl (C=O) groups excluding carboxylic acids is 2. The third kappa shape index (κ3) is 2.77. The highest BCUT2D eigenvalue weighted by Gasteiger charge is 2.45. The Morgan fingerprint density at radius 3 is 2.96 bits per heavy atom. The normalized spacial score (nSPS) is 20.4. The van der Waals surface area contributed by atoms with E-state index in [-0.39, 0.29) is 23.7 Å². The molecule has 138 valence electrons. The average Bonchev–Trinajstić information content (AvgIpc) is 3.11. The summed E-state index contributed by atoms with van der Waals surface area (Å²) in [6, 6.07) is 7.25. The molecule has 4 heterocycles. The number of pyridine rings is 1. The Balaban J connectivity index is 1.71. The number of allylic oxidation sites excluding steroid dienone is 2. The molecule has 0 saturated heterocycles. The lowest BCUT2D eigenvalue weighted by molar-refractivity contribution is -0.130. The van der Waals surface area contributed by atoms with E-state index in [1.807, 2.05) is 6.07 Å². The van der Waals surface area contributed by atoms with Crippen LogP contribution in [0, 0.1) is 11.3 Å². The third-order valence-corrected chi connectivity index (χ3v) is 4.58. The van der Waals surface area contributed by atoms with E-state index in [1.54, 1.807) is 60.6 Å². The number of carbonyl (C=O) groups is 2.